The number of rotatable bonds is 7. The molecule has 19 heavy (non-hydrogen) atoms. The SMILES string of the molecule is CCCC(C)(CCc1cnn(C)c1)CNC(C)(C)C. The number of nitrogens with zero attached hydrogens (tertiary/aromatic N) is 2. The third-order valence-electron chi connectivity index (χ3n) is 3.67. The van der Waals surface area contributed by atoms with Crippen molar-refractivity contribution in [2.45, 2.75) is 65.8 Å². The predicted octanol–water partition coefficient (Wildman–Crippen LogP) is 3.55. The van der Waals surface area contributed by atoms with Crippen LogP contribution in [0.25, 0.3) is 0 Å². The summed E-state index contributed by atoms with van der Waals surface area (Å²) in [5.74, 6) is 0. The summed E-state index contributed by atoms with van der Waals surface area (Å²) < 4.78 is 1.89. The lowest BCUT2D eigenvalue weighted by Gasteiger charge is -2.33. The Morgan fingerprint density at radius 2 is 1.89 bits per heavy atom. The molecular weight excluding hydrogens is 234 g/mol. The molecule has 0 amide bonds. The molecule has 0 radical (unpaired) electrons. The lowest BCUT2D eigenvalue weighted by Crippen LogP contribution is -2.43. The first-order valence-corrected chi connectivity index (χ1v) is 7.47. The van der Waals surface area contributed by atoms with Gasteiger partial charge in [-0.2, -0.15) is 5.10 Å². The van der Waals surface area contributed by atoms with Crippen LogP contribution < -0.4 is 5.32 Å². The number of aromatic nitrogens is 2. The van der Waals surface area contributed by atoms with Crippen molar-refractivity contribution in [3.05, 3.63) is 18.0 Å². The van der Waals surface area contributed by atoms with E-state index < -0.39 is 0 Å². The van der Waals surface area contributed by atoms with Crippen molar-refractivity contribution in [1.29, 1.82) is 0 Å². The molecule has 0 spiro atoms. The molecule has 1 unspecified atom stereocenters. The topological polar surface area (TPSA) is 29.9 Å². The minimum Gasteiger partial charge on any atom is -0.312 e. The summed E-state index contributed by atoms with van der Waals surface area (Å²) in [6.07, 6.45) is 8.98. The minimum atomic E-state index is 0.198. The van der Waals surface area contributed by atoms with Gasteiger partial charge in [-0.05, 0) is 51.0 Å². The lowest BCUT2D eigenvalue weighted by molar-refractivity contribution is 0.228. The average Bonchev–Trinajstić information content (AvgIpc) is 2.70. The van der Waals surface area contributed by atoms with Crippen LogP contribution in [-0.2, 0) is 13.5 Å². The maximum absolute atomic E-state index is 4.25. The highest BCUT2D eigenvalue weighted by Gasteiger charge is 2.25. The molecule has 0 aliphatic heterocycles. The third-order valence-corrected chi connectivity index (χ3v) is 3.67. The van der Waals surface area contributed by atoms with E-state index in [4.69, 9.17) is 0 Å². The summed E-state index contributed by atoms with van der Waals surface area (Å²) in [7, 11) is 1.98. The Balaban J connectivity index is 2.55. The number of hydrogen-bond acceptors (Lipinski definition) is 2. The summed E-state index contributed by atoms with van der Waals surface area (Å²) >= 11 is 0. The Hall–Kier alpha value is -0.830. The second-order valence-electron chi connectivity index (χ2n) is 7.19. The molecule has 0 aromatic carbocycles. The first-order chi connectivity index (χ1) is 8.74. The van der Waals surface area contributed by atoms with E-state index >= 15 is 0 Å². The van der Waals surface area contributed by atoms with Gasteiger partial charge >= 0.3 is 0 Å². The molecule has 1 aromatic rings. The molecule has 3 heteroatoms. The molecule has 0 saturated carbocycles. The van der Waals surface area contributed by atoms with Crippen molar-refractivity contribution in [3.63, 3.8) is 0 Å². The molecule has 1 aromatic heterocycles. The van der Waals surface area contributed by atoms with E-state index in [1.54, 1.807) is 0 Å². The van der Waals surface area contributed by atoms with Crippen LogP contribution in [0.2, 0.25) is 0 Å². The predicted molar refractivity (Wildman–Crippen MR) is 82.3 cm³/mol. The van der Waals surface area contributed by atoms with Crippen molar-refractivity contribution < 1.29 is 0 Å². The van der Waals surface area contributed by atoms with Crippen LogP contribution in [0.15, 0.2) is 12.4 Å². The van der Waals surface area contributed by atoms with Gasteiger partial charge in [0, 0.05) is 25.3 Å². The molecular formula is C16H31N3. The van der Waals surface area contributed by atoms with Crippen LogP contribution in [0.3, 0.4) is 0 Å². The molecule has 110 valence electrons. The smallest absolute Gasteiger partial charge is 0.0521 e. The van der Waals surface area contributed by atoms with Crippen molar-refractivity contribution in [2.75, 3.05) is 6.54 Å². The Bertz CT molecular complexity index is 376. The van der Waals surface area contributed by atoms with E-state index in [2.05, 4.69) is 51.2 Å². The van der Waals surface area contributed by atoms with Gasteiger partial charge < -0.3 is 5.32 Å². The first kappa shape index (κ1) is 16.2. The largest absolute Gasteiger partial charge is 0.312 e. The number of nitrogens with one attached hydrogen (secondary N) is 1. The molecule has 1 heterocycles. The fourth-order valence-electron chi connectivity index (χ4n) is 2.43. The van der Waals surface area contributed by atoms with Crippen LogP contribution in [0.1, 0.15) is 59.4 Å². The molecule has 0 bridgehead atoms. The quantitative estimate of drug-likeness (QED) is 0.817. The first-order valence-electron chi connectivity index (χ1n) is 7.47. The van der Waals surface area contributed by atoms with Gasteiger partial charge in [0.1, 0.15) is 0 Å². The Labute approximate surface area is 118 Å². The van der Waals surface area contributed by atoms with Gasteiger partial charge in [-0.25, -0.2) is 0 Å². The maximum atomic E-state index is 4.25. The molecule has 1 N–H and O–H groups in total. The van der Waals surface area contributed by atoms with Crippen molar-refractivity contribution >= 4 is 0 Å². The van der Waals surface area contributed by atoms with Gasteiger partial charge in [-0.15, -0.1) is 0 Å². The number of aryl methyl sites for hydroxylation is 2. The summed E-state index contributed by atoms with van der Waals surface area (Å²) in [6.45, 7) is 12.5. The highest BCUT2D eigenvalue weighted by atomic mass is 15.2. The van der Waals surface area contributed by atoms with E-state index in [1.807, 2.05) is 17.9 Å². The van der Waals surface area contributed by atoms with E-state index in [1.165, 1.54) is 24.8 Å². The highest BCUT2D eigenvalue weighted by molar-refractivity contribution is 5.04. The van der Waals surface area contributed by atoms with Crippen molar-refractivity contribution in [2.24, 2.45) is 12.5 Å². The van der Waals surface area contributed by atoms with Gasteiger partial charge in [0.05, 0.1) is 6.20 Å². The zero-order chi connectivity index (χ0) is 14.5. The molecule has 1 atom stereocenters. The molecule has 3 nitrogen and oxygen atoms in total. The Morgan fingerprint density at radius 1 is 1.21 bits per heavy atom. The molecule has 0 aliphatic rings. The van der Waals surface area contributed by atoms with E-state index in [0.29, 0.717) is 5.41 Å². The average molecular weight is 265 g/mol. The summed E-state index contributed by atoms with van der Waals surface area (Å²) in [5.41, 5.74) is 1.92. The second-order valence-corrected chi connectivity index (χ2v) is 7.19. The minimum absolute atomic E-state index is 0.198. The van der Waals surface area contributed by atoms with Crippen LogP contribution in [0.5, 0.6) is 0 Å². The number of hydrogen-bond donors (Lipinski definition) is 1. The molecule has 0 fully saturated rings. The third kappa shape index (κ3) is 6.24. The standard InChI is InChI=1S/C16H31N3/c1-7-9-16(5,13-17-15(2,3)4)10-8-14-11-18-19(6)12-14/h11-12,17H,7-10,13H2,1-6H3. The summed E-state index contributed by atoms with van der Waals surface area (Å²) in [6, 6.07) is 0. The van der Waals surface area contributed by atoms with E-state index in [-0.39, 0.29) is 5.54 Å². The molecule has 1 rings (SSSR count). The maximum Gasteiger partial charge on any atom is 0.0521 e. The van der Waals surface area contributed by atoms with Crippen molar-refractivity contribution in [3.8, 4) is 0 Å². The van der Waals surface area contributed by atoms with Gasteiger partial charge in [-0.1, -0.05) is 20.3 Å². The van der Waals surface area contributed by atoms with Gasteiger partial charge in [0.2, 0.25) is 0 Å². The summed E-state index contributed by atoms with van der Waals surface area (Å²) in [5, 5.41) is 7.92. The van der Waals surface area contributed by atoms with E-state index in [0.717, 1.165) is 13.0 Å². The second kappa shape index (κ2) is 6.56. The normalized spacial score (nSPS) is 15.5. The van der Waals surface area contributed by atoms with Gasteiger partial charge in [-0.3, -0.25) is 4.68 Å². The zero-order valence-corrected chi connectivity index (χ0v) is 13.6. The van der Waals surface area contributed by atoms with Gasteiger partial charge in [0.15, 0.2) is 0 Å². The zero-order valence-electron chi connectivity index (χ0n) is 13.6. The van der Waals surface area contributed by atoms with Crippen molar-refractivity contribution in [1.82, 2.24) is 15.1 Å². The summed E-state index contributed by atoms with van der Waals surface area (Å²) in [4.78, 5) is 0. The Morgan fingerprint density at radius 3 is 2.37 bits per heavy atom. The van der Waals surface area contributed by atoms with Crippen LogP contribution in [-0.4, -0.2) is 21.9 Å². The molecule has 0 saturated heterocycles. The van der Waals surface area contributed by atoms with Crippen LogP contribution in [0.4, 0.5) is 0 Å². The van der Waals surface area contributed by atoms with Crippen LogP contribution in [0, 0.1) is 5.41 Å². The Kier molecular flexibility index (Phi) is 5.60. The van der Waals surface area contributed by atoms with Crippen LogP contribution >= 0.6 is 0 Å². The monoisotopic (exact) mass is 265 g/mol. The fourth-order valence-corrected chi connectivity index (χ4v) is 2.43. The lowest BCUT2D eigenvalue weighted by atomic mass is 9.80. The molecule has 0 aliphatic carbocycles. The van der Waals surface area contributed by atoms with Gasteiger partial charge in [0.25, 0.3) is 0 Å². The van der Waals surface area contributed by atoms with E-state index in [9.17, 15) is 0 Å². The fraction of sp³-hybridized carbons (Fsp3) is 0.812. The highest BCUT2D eigenvalue weighted by Crippen LogP contribution is 2.29.